The van der Waals surface area contributed by atoms with Crippen LogP contribution in [0.15, 0.2) is 66.9 Å². The largest absolute Gasteiger partial charge is 0.497 e. The van der Waals surface area contributed by atoms with E-state index < -0.39 is 0 Å². The van der Waals surface area contributed by atoms with E-state index in [1.807, 2.05) is 47.5 Å². The third-order valence-corrected chi connectivity index (χ3v) is 5.20. The first-order valence-corrected chi connectivity index (χ1v) is 10.4. The molecular formula is C25H29FN2O2. The number of nitrogens with zero attached hydrogens (tertiary/aromatic N) is 2. The number of ether oxygens (including phenoxy) is 1. The molecule has 0 fully saturated rings. The van der Waals surface area contributed by atoms with Crippen LogP contribution < -0.4 is 4.74 Å². The van der Waals surface area contributed by atoms with E-state index in [2.05, 4.69) is 11.5 Å². The van der Waals surface area contributed by atoms with Gasteiger partial charge in [0, 0.05) is 30.5 Å². The van der Waals surface area contributed by atoms with Crippen LogP contribution in [0.1, 0.15) is 47.8 Å². The molecule has 30 heavy (non-hydrogen) atoms. The number of unbranched alkanes of at least 4 members (excludes halogenated alkanes) is 2. The summed E-state index contributed by atoms with van der Waals surface area (Å²) in [6.45, 7) is 4.04. The Morgan fingerprint density at radius 2 is 1.77 bits per heavy atom. The number of methoxy groups -OCH3 is 1. The summed E-state index contributed by atoms with van der Waals surface area (Å²) in [5.74, 6) is 0.513. The van der Waals surface area contributed by atoms with Crippen LogP contribution in [-0.2, 0) is 13.1 Å². The van der Waals surface area contributed by atoms with Gasteiger partial charge in [0.05, 0.1) is 13.7 Å². The van der Waals surface area contributed by atoms with E-state index >= 15 is 0 Å². The molecule has 0 saturated carbocycles. The summed E-state index contributed by atoms with van der Waals surface area (Å²) in [6.07, 6.45) is 5.16. The highest BCUT2D eigenvalue weighted by Crippen LogP contribution is 2.17. The van der Waals surface area contributed by atoms with E-state index in [0.717, 1.165) is 36.3 Å². The van der Waals surface area contributed by atoms with Crippen molar-refractivity contribution in [3.8, 4) is 5.75 Å². The van der Waals surface area contributed by atoms with Gasteiger partial charge in [-0.25, -0.2) is 4.39 Å². The van der Waals surface area contributed by atoms with Crippen LogP contribution >= 0.6 is 0 Å². The fourth-order valence-corrected chi connectivity index (χ4v) is 3.45. The number of halogens is 1. The summed E-state index contributed by atoms with van der Waals surface area (Å²) in [5, 5.41) is 0. The summed E-state index contributed by atoms with van der Waals surface area (Å²) in [7, 11) is 1.61. The molecule has 0 N–H and O–H groups in total. The highest BCUT2D eigenvalue weighted by atomic mass is 19.1. The van der Waals surface area contributed by atoms with Gasteiger partial charge in [-0.05, 0) is 60.5 Å². The van der Waals surface area contributed by atoms with E-state index in [0.29, 0.717) is 25.2 Å². The number of carbonyl (C=O) groups is 1. The monoisotopic (exact) mass is 408 g/mol. The first-order valence-electron chi connectivity index (χ1n) is 10.4. The lowest BCUT2D eigenvalue weighted by molar-refractivity contribution is 0.0736. The molecule has 0 saturated heterocycles. The molecule has 1 aromatic heterocycles. The number of amides is 1. The summed E-state index contributed by atoms with van der Waals surface area (Å²) in [6, 6.07) is 17.8. The molecule has 0 spiro atoms. The van der Waals surface area contributed by atoms with E-state index in [-0.39, 0.29) is 11.7 Å². The molecule has 0 aliphatic carbocycles. The Morgan fingerprint density at radius 3 is 2.43 bits per heavy atom. The molecule has 2 aromatic carbocycles. The normalized spacial score (nSPS) is 10.8. The smallest absolute Gasteiger partial charge is 0.254 e. The number of benzene rings is 2. The maximum absolute atomic E-state index is 13.2. The number of aromatic nitrogens is 1. The molecule has 0 aliphatic heterocycles. The van der Waals surface area contributed by atoms with Gasteiger partial charge in [-0.1, -0.05) is 31.9 Å². The molecular weight excluding hydrogens is 379 g/mol. The first kappa shape index (κ1) is 21.6. The second-order valence-electron chi connectivity index (χ2n) is 7.42. The van der Waals surface area contributed by atoms with E-state index in [1.165, 1.54) is 12.1 Å². The zero-order chi connectivity index (χ0) is 21.3. The highest BCUT2D eigenvalue weighted by molar-refractivity contribution is 5.94. The van der Waals surface area contributed by atoms with Crippen molar-refractivity contribution in [2.75, 3.05) is 13.7 Å². The molecule has 3 aromatic rings. The second-order valence-corrected chi connectivity index (χ2v) is 7.42. The number of hydrogen-bond donors (Lipinski definition) is 0. The molecule has 0 unspecified atom stereocenters. The molecule has 1 amide bonds. The number of carbonyl (C=O) groups excluding carboxylic acids is 1. The average Bonchev–Trinajstić information content (AvgIpc) is 3.21. The first-order chi connectivity index (χ1) is 14.6. The van der Waals surface area contributed by atoms with Gasteiger partial charge in [0.25, 0.3) is 5.91 Å². The molecule has 0 bridgehead atoms. The molecule has 0 atom stereocenters. The quantitative estimate of drug-likeness (QED) is 0.414. The van der Waals surface area contributed by atoms with Crippen LogP contribution in [0.3, 0.4) is 0 Å². The van der Waals surface area contributed by atoms with Gasteiger partial charge < -0.3 is 14.2 Å². The lowest BCUT2D eigenvalue weighted by atomic mass is 10.1. The molecule has 3 rings (SSSR count). The van der Waals surface area contributed by atoms with Crippen LogP contribution in [0.2, 0.25) is 0 Å². The zero-order valence-electron chi connectivity index (χ0n) is 17.7. The topological polar surface area (TPSA) is 34.5 Å². The Labute approximate surface area is 177 Å². The standard InChI is InChI=1S/C25H29FN2O2/c1-3-4-5-16-28(25(29)21-10-14-24(30-2)15-11-21)19-23-7-6-17-27(23)18-20-8-12-22(26)13-9-20/h6-15,17H,3-5,16,18-19H2,1-2H3. The Hall–Kier alpha value is -3.08. The van der Waals surface area contributed by atoms with Crippen LogP contribution in [0.4, 0.5) is 4.39 Å². The van der Waals surface area contributed by atoms with Crippen molar-refractivity contribution in [2.24, 2.45) is 0 Å². The van der Waals surface area contributed by atoms with Gasteiger partial charge in [0.1, 0.15) is 11.6 Å². The van der Waals surface area contributed by atoms with Gasteiger partial charge >= 0.3 is 0 Å². The van der Waals surface area contributed by atoms with Crippen molar-refractivity contribution in [2.45, 2.75) is 39.3 Å². The zero-order valence-corrected chi connectivity index (χ0v) is 17.7. The molecule has 0 radical (unpaired) electrons. The van der Waals surface area contributed by atoms with Crippen molar-refractivity contribution in [3.05, 3.63) is 89.5 Å². The van der Waals surface area contributed by atoms with Crippen LogP contribution in [0.5, 0.6) is 5.75 Å². The molecule has 1 heterocycles. The van der Waals surface area contributed by atoms with Gasteiger partial charge in [0.15, 0.2) is 0 Å². The van der Waals surface area contributed by atoms with Gasteiger partial charge in [0.2, 0.25) is 0 Å². The van der Waals surface area contributed by atoms with E-state index in [1.54, 1.807) is 19.2 Å². The maximum Gasteiger partial charge on any atom is 0.254 e. The van der Waals surface area contributed by atoms with Crippen LogP contribution in [0.25, 0.3) is 0 Å². The highest BCUT2D eigenvalue weighted by Gasteiger charge is 2.17. The third-order valence-electron chi connectivity index (χ3n) is 5.20. The Balaban J connectivity index is 1.76. The SMILES string of the molecule is CCCCCN(Cc1cccn1Cc1ccc(F)cc1)C(=O)c1ccc(OC)cc1. The number of hydrogen-bond acceptors (Lipinski definition) is 2. The Bertz CT molecular complexity index is 933. The summed E-state index contributed by atoms with van der Waals surface area (Å²) in [5.41, 5.74) is 2.73. The van der Waals surface area contributed by atoms with Crippen molar-refractivity contribution in [1.29, 1.82) is 0 Å². The minimum absolute atomic E-state index is 0.0169. The predicted octanol–water partition coefficient (Wildman–Crippen LogP) is 5.52. The summed E-state index contributed by atoms with van der Waals surface area (Å²) < 4.78 is 20.5. The fourth-order valence-electron chi connectivity index (χ4n) is 3.45. The minimum Gasteiger partial charge on any atom is -0.497 e. The Kier molecular flexibility index (Phi) is 7.66. The predicted molar refractivity (Wildman–Crippen MR) is 117 cm³/mol. The minimum atomic E-state index is -0.237. The van der Waals surface area contributed by atoms with E-state index in [4.69, 9.17) is 4.74 Å². The van der Waals surface area contributed by atoms with Gasteiger partial charge in [-0.15, -0.1) is 0 Å². The third kappa shape index (κ3) is 5.72. The van der Waals surface area contributed by atoms with Crippen molar-refractivity contribution >= 4 is 5.91 Å². The molecule has 4 nitrogen and oxygen atoms in total. The van der Waals surface area contributed by atoms with Gasteiger partial charge in [-0.2, -0.15) is 0 Å². The van der Waals surface area contributed by atoms with Gasteiger partial charge in [-0.3, -0.25) is 4.79 Å². The van der Waals surface area contributed by atoms with Crippen molar-refractivity contribution < 1.29 is 13.9 Å². The average molecular weight is 409 g/mol. The van der Waals surface area contributed by atoms with Crippen molar-refractivity contribution in [3.63, 3.8) is 0 Å². The maximum atomic E-state index is 13.2. The second kappa shape index (κ2) is 10.6. The molecule has 158 valence electrons. The van der Waals surface area contributed by atoms with Crippen LogP contribution in [0, 0.1) is 5.82 Å². The molecule has 5 heteroatoms. The van der Waals surface area contributed by atoms with E-state index in [9.17, 15) is 9.18 Å². The Morgan fingerprint density at radius 1 is 1.03 bits per heavy atom. The lowest BCUT2D eigenvalue weighted by Crippen LogP contribution is -2.32. The van der Waals surface area contributed by atoms with Crippen LogP contribution in [-0.4, -0.2) is 29.0 Å². The summed E-state index contributed by atoms with van der Waals surface area (Å²) >= 11 is 0. The lowest BCUT2D eigenvalue weighted by Gasteiger charge is -2.24. The van der Waals surface area contributed by atoms with Crippen molar-refractivity contribution in [1.82, 2.24) is 9.47 Å². The summed E-state index contributed by atoms with van der Waals surface area (Å²) in [4.78, 5) is 15.1. The number of rotatable bonds is 10. The molecule has 0 aliphatic rings. The fraction of sp³-hybridized carbons (Fsp3) is 0.320.